The molecule has 1 N–H and O–H groups in total. The number of benzene rings is 1. The van der Waals surface area contributed by atoms with Crippen LogP contribution in [0.15, 0.2) is 22.7 Å². The van der Waals surface area contributed by atoms with Gasteiger partial charge in [-0.15, -0.1) is 0 Å². The molecular weight excluding hydrogens is 338 g/mol. The van der Waals surface area contributed by atoms with Crippen LogP contribution in [0.25, 0.3) is 0 Å². The van der Waals surface area contributed by atoms with Crippen molar-refractivity contribution in [2.45, 2.75) is 17.7 Å². The monoisotopic (exact) mass is 345 g/mol. The number of imide groups is 1. The van der Waals surface area contributed by atoms with Crippen molar-refractivity contribution < 1.29 is 9.59 Å². The molecule has 0 aromatic heterocycles. The van der Waals surface area contributed by atoms with Crippen molar-refractivity contribution in [1.82, 2.24) is 5.32 Å². The number of amides is 2. The Morgan fingerprint density at radius 1 is 1.25 bits per heavy atom. The molecule has 1 aromatic carbocycles. The summed E-state index contributed by atoms with van der Waals surface area (Å²) in [6.45, 7) is 1.93. The number of nitrogens with one attached hydrogen (secondary N) is 1. The maximum Gasteiger partial charge on any atom is 0.241 e. The summed E-state index contributed by atoms with van der Waals surface area (Å²) in [6.07, 6.45) is 0. The first-order valence-corrected chi connectivity index (χ1v) is 6.46. The van der Waals surface area contributed by atoms with Gasteiger partial charge in [-0.1, -0.05) is 37.9 Å². The molecular formula is C11H9Br2NO2. The van der Waals surface area contributed by atoms with Gasteiger partial charge < -0.3 is 0 Å². The zero-order valence-corrected chi connectivity index (χ0v) is 11.6. The summed E-state index contributed by atoms with van der Waals surface area (Å²) in [5.74, 6) is -0.935. The molecule has 5 heteroatoms. The summed E-state index contributed by atoms with van der Waals surface area (Å²) in [4.78, 5) is 22.5. The molecule has 2 unspecified atom stereocenters. The van der Waals surface area contributed by atoms with Crippen LogP contribution < -0.4 is 5.32 Å². The second kappa shape index (κ2) is 4.30. The smallest absolute Gasteiger partial charge is 0.241 e. The van der Waals surface area contributed by atoms with E-state index in [9.17, 15) is 9.59 Å². The highest BCUT2D eigenvalue weighted by molar-refractivity contribution is 9.10. The number of carbonyl (C=O) groups excluding carboxylic acids is 2. The van der Waals surface area contributed by atoms with E-state index in [1.807, 2.05) is 25.1 Å². The standard InChI is InChI=1S/C11H9Br2NO2/c1-5-4-6(12)2-3-7(5)8-9(13)11(16)14-10(8)15/h2-4,8-9H,1H3,(H,14,15,16). The van der Waals surface area contributed by atoms with Crippen LogP contribution in [0.2, 0.25) is 0 Å². The van der Waals surface area contributed by atoms with E-state index < -0.39 is 10.7 Å². The average Bonchev–Trinajstić information content (AvgIpc) is 2.43. The third-order valence-electron chi connectivity index (χ3n) is 2.64. The maximum atomic E-state index is 11.7. The van der Waals surface area contributed by atoms with Gasteiger partial charge in [-0.3, -0.25) is 14.9 Å². The minimum atomic E-state index is -0.472. The Hall–Kier alpha value is -0.680. The Morgan fingerprint density at radius 2 is 1.94 bits per heavy atom. The quantitative estimate of drug-likeness (QED) is 0.626. The summed E-state index contributed by atoms with van der Waals surface area (Å²) in [5, 5.41) is 2.32. The van der Waals surface area contributed by atoms with Gasteiger partial charge in [-0.2, -0.15) is 0 Å². The van der Waals surface area contributed by atoms with E-state index in [0.717, 1.165) is 15.6 Å². The van der Waals surface area contributed by atoms with Crippen molar-refractivity contribution in [1.29, 1.82) is 0 Å². The number of alkyl halides is 1. The highest BCUT2D eigenvalue weighted by Gasteiger charge is 2.41. The van der Waals surface area contributed by atoms with Crippen LogP contribution in [0.4, 0.5) is 0 Å². The normalized spacial score (nSPS) is 24.7. The predicted molar refractivity (Wildman–Crippen MR) is 67.5 cm³/mol. The van der Waals surface area contributed by atoms with Crippen molar-refractivity contribution in [3.05, 3.63) is 33.8 Å². The fourth-order valence-corrected chi connectivity index (χ4v) is 2.95. The highest BCUT2D eigenvalue weighted by atomic mass is 79.9. The Kier molecular flexibility index (Phi) is 3.17. The van der Waals surface area contributed by atoms with Gasteiger partial charge in [-0.25, -0.2) is 0 Å². The molecule has 2 amide bonds. The topological polar surface area (TPSA) is 46.2 Å². The Balaban J connectivity index is 2.44. The molecule has 0 bridgehead atoms. The highest BCUT2D eigenvalue weighted by Crippen LogP contribution is 2.32. The molecule has 2 rings (SSSR count). The third-order valence-corrected chi connectivity index (χ3v) is 4.08. The lowest BCUT2D eigenvalue weighted by atomic mass is 9.93. The molecule has 16 heavy (non-hydrogen) atoms. The number of hydrogen-bond donors (Lipinski definition) is 1. The van der Waals surface area contributed by atoms with Crippen molar-refractivity contribution in [2.24, 2.45) is 0 Å². The van der Waals surface area contributed by atoms with Gasteiger partial charge >= 0.3 is 0 Å². The molecule has 1 fully saturated rings. The largest absolute Gasteiger partial charge is 0.295 e. The third kappa shape index (κ3) is 1.94. The molecule has 0 radical (unpaired) electrons. The molecule has 1 aromatic rings. The maximum absolute atomic E-state index is 11.7. The lowest BCUT2D eigenvalue weighted by molar-refractivity contribution is -0.125. The van der Waals surface area contributed by atoms with E-state index in [4.69, 9.17) is 0 Å². The van der Waals surface area contributed by atoms with E-state index in [-0.39, 0.29) is 11.8 Å². The van der Waals surface area contributed by atoms with Crippen LogP contribution in [-0.2, 0) is 9.59 Å². The molecule has 0 spiro atoms. The first-order chi connectivity index (χ1) is 7.50. The van der Waals surface area contributed by atoms with Crippen LogP contribution in [0.3, 0.4) is 0 Å². The van der Waals surface area contributed by atoms with E-state index in [0.29, 0.717) is 0 Å². The number of aryl methyl sites for hydroxylation is 1. The summed E-state index contributed by atoms with van der Waals surface area (Å²) in [5.41, 5.74) is 1.88. The van der Waals surface area contributed by atoms with E-state index >= 15 is 0 Å². The second-order valence-corrected chi connectivity index (χ2v) is 5.64. The van der Waals surface area contributed by atoms with Gasteiger partial charge in [0.25, 0.3) is 0 Å². The fourth-order valence-electron chi connectivity index (χ4n) is 1.84. The minimum Gasteiger partial charge on any atom is -0.295 e. The summed E-state index contributed by atoms with van der Waals surface area (Å²) >= 11 is 6.62. The zero-order chi connectivity index (χ0) is 11.9. The zero-order valence-electron chi connectivity index (χ0n) is 8.46. The molecule has 3 nitrogen and oxygen atoms in total. The minimum absolute atomic E-state index is 0.239. The first kappa shape index (κ1) is 11.8. The van der Waals surface area contributed by atoms with Crippen LogP contribution in [0.1, 0.15) is 17.0 Å². The molecule has 1 aliphatic rings. The Labute approximate surface area is 110 Å². The number of hydrogen-bond acceptors (Lipinski definition) is 2. The molecule has 0 saturated carbocycles. The van der Waals surface area contributed by atoms with Crippen molar-refractivity contribution in [3.63, 3.8) is 0 Å². The average molecular weight is 347 g/mol. The van der Waals surface area contributed by atoms with Crippen molar-refractivity contribution >= 4 is 43.7 Å². The van der Waals surface area contributed by atoms with Crippen LogP contribution >= 0.6 is 31.9 Å². The molecule has 1 heterocycles. The summed E-state index contributed by atoms with van der Waals surface area (Å²) in [6, 6.07) is 5.68. The fraction of sp³-hybridized carbons (Fsp3) is 0.273. The second-order valence-electron chi connectivity index (χ2n) is 3.73. The molecule has 2 atom stereocenters. The van der Waals surface area contributed by atoms with Crippen LogP contribution in [0, 0.1) is 6.92 Å². The number of carbonyl (C=O) groups is 2. The number of rotatable bonds is 1. The number of halogens is 2. The molecule has 1 aliphatic heterocycles. The van der Waals surface area contributed by atoms with Gasteiger partial charge in [0.15, 0.2) is 0 Å². The van der Waals surface area contributed by atoms with Crippen LogP contribution in [0.5, 0.6) is 0 Å². The molecule has 0 aliphatic carbocycles. The lowest BCUT2D eigenvalue weighted by Crippen LogP contribution is -2.22. The van der Waals surface area contributed by atoms with E-state index in [1.165, 1.54) is 0 Å². The predicted octanol–water partition coefficient (Wildman–Crippen LogP) is 2.26. The van der Waals surface area contributed by atoms with Gasteiger partial charge in [-0.05, 0) is 30.2 Å². The molecule has 84 valence electrons. The van der Waals surface area contributed by atoms with Gasteiger partial charge in [0.1, 0.15) is 4.83 Å². The van der Waals surface area contributed by atoms with E-state index in [1.54, 1.807) is 0 Å². The van der Waals surface area contributed by atoms with Gasteiger partial charge in [0.05, 0.1) is 5.92 Å². The Morgan fingerprint density at radius 3 is 2.44 bits per heavy atom. The van der Waals surface area contributed by atoms with Crippen molar-refractivity contribution in [2.75, 3.05) is 0 Å². The summed E-state index contributed by atoms with van der Waals surface area (Å²) in [7, 11) is 0. The SMILES string of the molecule is Cc1cc(Br)ccc1C1C(=O)NC(=O)C1Br. The lowest BCUT2D eigenvalue weighted by Gasteiger charge is -2.13. The van der Waals surface area contributed by atoms with Crippen LogP contribution in [-0.4, -0.2) is 16.6 Å². The van der Waals surface area contributed by atoms with Gasteiger partial charge in [0, 0.05) is 4.47 Å². The van der Waals surface area contributed by atoms with Crippen molar-refractivity contribution in [3.8, 4) is 0 Å². The van der Waals surface area contributed by atoms with E-state index in [2.05, 4.69) is 37.2 Å². The molecule has 1 saturated heterocycles. The summed E-state index contributed by atoms with van der Waals surface area (Å²) < 4.78 is 0.963. The van der Waals surface area contributed by atoms with Gasteiger partial charge in [0.2, 0.25) is 11.8 Å². The first-order valence-electron chi connectivity index (χ1n) is 4.75. The Bertz CT molecular complexity index is 473.